The highest BCUT2D eigenvalue weighted by Crippen LogP contribution is 2.18. The second kappa shape index (κ2) is 4.67. The number of nitrogen functional groups attached to an aromatic ring is 1. The van der Waals surface area contributed by atoms with E-state index in [1.165, 1.54) is 6.33 Å². The van der Waals surface area contributed by atoms with Crippen molar-refractivity contribution in [2.45, 2.75) is 12.5 Å². The number of aliphatic hydroxyl groups is 1. The van der Waals surface area contributed by atoms with Gasteiger partial charge >= 0.3 is 0 Å². The van der Waals surface area contributed by atoms with Crippen LogP contribution in [-0.2, 0) is 6.42 Å². The van der Waals surface area contributed by atoms with Crippen LogP contribution in [0, 0.1) is 0 Å². The quantitative estimate of drug-likeness (QED) is 0.790. The maximum Gasteiger partial charge on any atom is 0.115 e. The maximum atomic E-state index is 9.92. The van der Waals surface area contributed by atoms with Gasteiger partial charge in [-0.25, -0.2) is 9.97 Å². The number of nitrogens with zero attached hydrogens (tertiary/aromatic N) is 3. The first-order valence-corrected chi connectivity index (χ1v) is 4.89. The summed E-state index contributed by atoms with van der Waals surface area (Å²) in [5.74, 6) is 0. The predicted octanol–water partition coefficient (Wildman–Crippen LogP) is 0.730. The van der Waals surface area contributed by atoms with Crippen LogP contribution < -0.4 is 5.73 Å². The van der Waals surface area contributed by atoms with Crippen LogP contribution in [0.4, 0.5) is 5.69 Å². The summed E-state index contributed by atoms with van der Waals surface area (Å²) in [5, 5.41) is 9.92. The van der Waals surface area contributed by atoms with E-state index in [4.69, 9.17) is 5.73 Å². The normalized spacial score (nSPS) is 12.3. The molecule has 0 radical (unpaired) electrons. The molecule has 2 rings (SSSR count). The fourth-order valence-corrected chi connectivity index (χ4v) is 1.42. The molecule has 2 heterocycles. The Morgan fingerprint density at radius 1 is 1.25 bits per heavy atom. The number of anilines is 1. The van der Waals surface area contributed by atoms with Crippen molar-refractivity contribution in [1.29, 1.82) is 0 Å². The van der Waals surface area contributed by atoms with Gasteiger partial charge in [-0.15, -0.1) is 0 Å². The van der Waals surface area contributed by atoms with Gasteiger partial charge in [0.05, 0.1) is 5.69 Å². The van der Waals surface area contributed by atoms with Crippen LogP contribution in [0.25, 0.3) is 0 Å². The summed E-state index contributed by atoms with van der Waals surface area (Å²) in [6, 6.07) is 3.39. The zero-order valence-corrected chi connectivity index (χ0v) is 8.61. The minimum Gasteiger partial charge on any atom is -0.398 e. The molecule has 3 N–H and O–H groups in total. The zero-order valence-electron chi connectivity index (χ0n) is 8.61. The van der Waals surface area contributed by atoms with Crippen LogP contribution in [0.1, 0.15) is 17.4 Å². The van der Waals surface area contributed by atoms with Crippen LogP contribution in [0.15, 0.2) is 37.1 Å². The summed E-state index contributed by atoms with van der Waals surface area (Å²) in [6.07, 6.45) is 5.99. The van der Waals surface area contributed by atoms with Gasteiger partial charge < -0.3 is 10.8 Å². The van der Waals surface area contributed by atoms with Crippen molar-refractivity contribution in [2.24, 2.45) is 0 Å². The highest BCUT2D eigenvalue weighted by molar-refractivity contribution is 5.44. The van der Waals surface area contributed by atoms with Gasteiger partial charge in [-0.3, -0.25) is 4.98 Å². The summed E-state index contributed by atoms with van der Waals surface area (Å²) in [7, 11) is 0. The number of hydrogen-bond donors (Lipinski definition) is 2. The molecule has 16 heavy (non-hydrogen) atoms. The van der Waals surface area contributed by atoms with Crippen molar-refractivity contribution >= 4 is 5.69 Å². The maximum absolute atomic E-state index is 9.92. The van der Waals surface area contributed by atoms with Crippen LogP contribution in [0.3, 0.4) is 0 Å². The molecule has 0 saturated heterocycles. The Balaban J connectivity index is 2.14. The van der Waals surface area contributed by atoms with E-state index >= 15 is 0 Å². The summed E-state index contributed by atoms with van der Waals surface area (Å²) in [6.45, 7) is 0. The molecule has 0 amide bonds. The molecule has 0 aliphatic heterocycles. The van der Waals surface area contributed by atoms with Crippen LogP contribution in [-0.4, -0.2) is 20.1 Å². The van der Waals surface area contributed by atoms with E-state index in [0.717, 1.165) is 5.56 Å². The minimum atomic E-state index is -0.686. The topological polar surface area (TPSA) is 84.9 Å². The Hall–Kier alpha value is -2.01. The Bertz CT molecular complexity index is 461. The second-order valence-electron chi connectivity index (χ2n) is 3.43. The van der Waals surface area contributed by atoms with E-state index in [1.54, 1.807) is 30.7 Å². The number of nitrogens with two attached hydrogens (primary N) is 1. The van der Waals surface area contributed by atoms with Gasteiger partial charge in [0.15, 0.2) is 0 Å². The number of aliphatic hydroxyl groups excluding tert-OH is 1. The van der Waals surface area contributed by atoms with Gasteiger partial charge in [-0.1, -0.05) is 0 Å². The summed E-state index contributed by atoms with van der Waals surface area (Å²) >= 11 is 0. The predicted molar refractivity (Wildman–Crippen MR) is 59.3 cm³/mol. The third kappa shape index (κ3) is 2.32. The first kappa shape index (κ1) is 10.5. The van der Waals surface area contributed by atoms with Crippen molar-refractivity contribution in [1.82, 2.24) is 15.0 Å². The van der Waals surface area contributed by atoms with E-state index in [2.05, 4.69) is 15.0 Å². The molecule has 0 aliphatic rings. The van der Waals surface area contributed by atoms with Gasteiger partial charge in [0.25, 0.3) is 0 Å². The van der Waals surface area contributed by atoms with Gasteiger partial charge in [0, 0.05) is 30.7 Å². The monoisotopic (exact) mass is 216 g/mol. The molecule has 5 nitrogen and oxygen atoms in total. The lowest BCUT2D eigenvalue weighted by molar-refractivity contribution is 0.173. The lowest BCUT2D eigenvalue weighted by atomic mass is 10.1. The van der Waals surface area contributed by atoms with E-state index in [-0.39, 0.29) is 0 Å². The molecule has 1 unspecified atom stereocenters. The molecule has 2 aromatic rings. The first-order chi connectivity index (χ1) is 7.77. The van der Waals surface area contributed by atoms with Gasteiger partial charge in [0.2, 0.25) is 0 Å². The smallest absolute Gasteiger partial charge is 0.115 e. The standard InChI is InChI=1S/C11H12N4O/c12-9-1-3-13-6-8(9)5-11(16)10-2-4-14-7-15-10/h1-4,6-7,11,16H,5H2,(H2,12,13). The molecule has 2 aromatic heterocycles. The third-order valence-corrected chi connectivity index (χ3v) is 2.30. The van der Waals surface area contributed by atoms with Crippen LogP contribution in [0.5, 0.6) is 0 Å². The van der Waals surface area contributed by atoms with E-state index in [9.17, 15) is 5.11 Å². The number of hydrogen-bond acceptors (Lipinski definition) is 5. The van der Waals surface area contributed by atoms with E-state index in [1.807, 2.05) is 0 Å². The summed E-state index contributed by atoms with van der Waals surface area (Å²) in [4.78, 5) is 11.7. The molecule has 0 saturated carbocycles. The summed E-state index contributed by atoms with van der Waals surface area (Å²) in [5.41, 5.74) is 7.79. The number of rotatable bonds is 3. The molecule has 82 valence electrons. The Morgan fingerprint density at radius 3 is 2.75 bits per heavy atom. The van der Waals surface area contributed by atoms with E-state index < -0.39 is 6.10 Å². The minimum absolute atomic E-state index is 0.399. The summed E-state index contributed by atoms with van der Waals surface area (Å²) < 4.78 is 0. The molecule has 1 atom stereocenters. The number of aromatic nitrogens is 3. The van der Waals surface area contributed by atoms with Crippen molar-refractivity contribution < 1.29 is 5.11 Å². The average Bonchev–Trinajstić information content (AvgIpc) is 2.33. The SMILES string of the molecule is Nc1ccncc1CC(O)c1ccncn1. The zero-order chi connectivity index (χ0) is 11.4. The molecular weight excluding hydrogens is 204 g/mol. The molecule has 5 heteroatoms. The van der Waals surface area contributed by atoms with E-state index in [0.29, 0.717) is 17.8 Å². The Kier molecular flexibility index (Phi) is 3.07. The molecular formula is C11H12N4O. The molecule has 0 bridgehead atoms. The first-order valence-electron chi connectivity index (χ1n) is 4.89. The Labute approximate surface area is 93.0 Å². The largest absolute Gasteiger partial charge is 0.398 e. The van der Waals surface area contributed by atoms with Crippen LogP contribution in [0.2, 0.25) is 0 Å². The fraction of sp³-hybridized carbons (Fsp3) is 0.182. The third-order valence-electron chi connectivity index (χ3n) is 2.30. The van der Waals surface area contributed by atoms with Crippen molar-refractivity contribution in [3.63, 3.8) is 0 Å². The molecule has 0 aliphatic carbocycles. The number of pyridine rings is 1. The van der Waals surface area contributed by atoms with Crippen molar-refractivity contribution in [2.75, 3.05) is 5.73 Å². The van der Waals surface area contributed by atoms with Crippen molar-refractivity contribution in [3.05, 3.63) is 48.3 Å². The molecule has 0 aromatic carbocycles. The fourth-order valence-electron chi connectivity index (χ4n) is 1.42. The highest BCUT2D eigenvalue weighted by atomic mass is 16.3. The highest BCUT2D eigenvalue weighted by Gasteiger charge is 2.11. The molecule has 0 spiro atoms. The van der Waals surface area contributed by atoms with Gasteiger partial charge in [-0.2, -0.15) is 0 Å². The average molecular weight is 216 g/mol. The van der Waals surface area contributed by atoms with Gasteiger partial charge in [0.1, 0.15) is 12.4 Å². The lowest BCUT2D eigenvalue weighted by Crippen LogP contribution is -2.06. The van der Waals surface area contributed by atoms with Crippen molar-refractivity contribution in [3.8, 4) is 0 Å². The Morgan fingerprint density at radius 2 is 2.06 bits per heavy atom. The lowest BCUT2D eigenvalue weighted by Gasteiger charge is -2.10. The van der Waals surface area contributed by atoms with Gasteiger partial charge in [-0.05, 0) is 17.7 Å². The molecule has 0 fully saturated rings. The second-order valence-corrected chi connectivity index (χ2v) is 3.43. The van der Waals surface area contributed by atoms with Crippen LogP contribution >= 0.6 is 0 Å².